The van der Waals surface area contributed by atoms with E-state index >= 15 is 0 Å². The van der Waals surface area contributed by atoms with Crippen molar-refractivity contribution in [1.29, 1.82) is 0 Å². The molecule has 0 aliphatic carbocycles. The first-order valence-electron chi connectivity index (χ1n) is 5.14. The van der Waals surface area contributed by atoms with Crippen molar-refractivity contribution in [3.8, 4) is 0 Å². The molecule has 0 saturated carbocycles. The molecule has 0 aromatic heterocycles. The average molecular weight is 265 g/mol. The van der Waals surface area contributed by atoms with Gasteiger partial charge in [-0.3, -0.25) is 4.79 Å². The molecule has 0 fully saturated rings. The summed E-state index contributed by atoms with van der Waals surface area (Å²) in [5.74, 6) is -0.110. The molecule has 0 heterocycles. The lowest BCUT2D eigenvalue weighted by atomic mass is 10.0. The van der Waals surface area contributed by atoms with Crippen LogP contribution in [0.3, 0.4) is 0 Å². The summed E-state index contributed by atoms with van der Waals surface area (Å²) in [6.45, 7) is 1.94. The fourth-order valence-electron chi connectivity index (χ4n) is 1.61. The van der Waals surface area contributed by atoms with Gasteiger partial charge in [0.1, 0.15) is 0 Å². The molecule has 0 spiro atoms. The van der Waals surface area contributed by atoms with Gasteiger partial charge in [0.05, 0.1) is 5.02 Å². The topological polar surface area (TPSA) is 17.1 Å². The number of aryl methyl sites for hydroxylation is 1. The van der Waals surface area contributed by atoms with Gasteiger partial charge in [0.15, 0.2) is 5.78 Å². The molecule has 0 aliphatic rings. The van der Waals surface area contributed by atoms with Gasteiger partial charge < -0.3 is 0 Å². The van der Waals surface area contributed by atoms with E-state index in [1.165, 1.54) is 0 Å². The third-order valence-corrected chi connectivity index (χ3v) is 3.02. The minimum Gasteiger partial charge on any atom is -0.289 e. The fourth-order valence-corrected chi connectivity index (χ4v) is 1.99. The molecule has 0 N–H and O–H groups in total. The SMILES string of the molecule is Cc1cccc(C(=O)c2cc(Cl)ccc2Cl)c1. The van der Waals surface area contributed by atoms with E-state index in [0.29, 0.717) is 21.2 Å². The van der Waals surface area contributed by atoms with Crippen LogP contribution in [0.15, 0.2) is 42.5 Å². The summed E-state index contributed by atoms with van der Waals surface area (Å²) in [5, 5.41) is 0.923. The minimum absolute atomic E-state index is 0.110. The van der Waals surface area contributed by atoms with Crippen LogP contribution in [0.4, 0.5) is 0 Å². The first kappa shape index (κ1) is 12.2. The van der Waals surface area contributed by atoms with Crippen molar-refractivity contribution in [2.45, 2.75) is 6.92 Å². The van der Waals surface area contributed by atoms with Crippen LogP contribution in [0.5, 0.6) is 0 Å². The number of hydrogen-bond donors (Lipinski definition) is 0. The minimum atomic E-state index is -0.110. The molecule has 2 aromatic rings. The Labute approximate surface area is 110 Å². The molecule has 1 nitrogen and oxygen atoms in total. The number of carbonyl (C=O) groups is 1. The molecule has 0 radical (unpaired) electrons. The van der Waals surface area contributed by atoms with Crippen molar-refractivity contribution in [1.82, 2.24) is 0 Å². The van der Waals surface area contributed by atoms with Gasteiger partial charge in [-0.2, -0.15) is 0 Å². The van der Waals surface area contributed by atoms with E-state index < -0.39 is 0 Å². The van der Waals surface area contributed by atoms with E-state index in [9.17, 15) is 4.79 Å². The van der Waals surface area contributed by atoms with E-state index in [4.69, 9.17) is 23.2 Å². The van der Waals surface area contributed by atoms with Crippen LogP contribution in [0.1, 0.15) is 21.5 Å². The molecular formula is C14H10Cl2O. The van der Waals surface area contributed by atoms with Gasteiger partial charge in [-0.1, -0.05) is 47.0 Å². The zero-order valence-corrected chi connectivity index (χ0v) is 10.7. The molecule has 0 bridgehead atoms. The molecule has 0 amide bonds. The summed E-state index contributed by atoms with van der Waals surface area (Å²) in [5.41, 5.74) is 2.09. The summed E-state index contributed by atoms with van der Waals surface area (Å²) >= 11 is 11.9. The molecule has 17 heavy (non-hydrogen) atoms. The van der Waals surface area contributed by atoms with E-state index in [0.717, 1.165) is 5.56 Å². The third-order valence-electron chi connectivity index (χ3n) is 2.45. The quantitative estimate of drug-likeness (QED) is 0.729. The summed E-state index contributed by atoms with van der Waals surface area (Å²) < 4.78 is 0. The Morgan fingerprint density at radius 2 is 1.82 bits per heavy atom. The largest absolute Gasteiger partial charge is 0.289 e. The number of carbonyl (C=O) groups excluding carboxylic acids is 1. The molecule has 2 rings (SSSR count). The van der Waals surface area contributed by atoms with Crippen LogP contribution in [0.25, 0.3) is 0 Å². The summed E-state index contributed by atoms with van der Waals surface area (Å²) in [6, 6.07) is 12.3. The maximum absolute atomic E-state index is 12.2. The summed E-state index contributed by atoms with van der Waals surface area (Å²) in [4.78, 5) is 12.2. The van der Waals surface area contributed by atoms with Gasteiger partial charge in [-0.05, 0) is 31.2 Å². The highest BCUT2D eigenvalue weighted by Crippen LogP contribution is 2.23. The fraction of sp³-hybridized carbons (Fsp3) is 0.0714. The zero-order valence-electron chi connectivity index (χ0n) is 9.21. The maximum Gasteiger partial charge on any atom is 0.194 e. The molecule has 3 heteroatoms. The Morgan fingerprint density at radius 1 is 1.06 bits per heavy atom. The second-order valence-corrected chi connectivity index (χ2v) is 4.67. The highest BCUT2D eigenvalue weighted by Gasteiger charge is 2.13. The average Bonchev–Trinajstić information content (AvgIpc) is 2.31. The van der Waals surface area contributed by atoms with Crippen molar-refractivity contribution in [3.05, 3.63) is 69.2 Å². The maximum atomic E-state index is 12.2. The number of ketones is 1. The predicted molar refractivity (Wildman–Crippen MR) is 71.1 cm³/mol. The molecular weight excluding hydrogens is 255 g/mol. The van der Waals surface area contributed by atoms with Crippen molar-refractivity contribution in [2.24, 2.45) is 0 Å². The van der Waals surface area contributed by atoms with Gasteiger partial charge in [-0.15, -0.1) is 0 Å². The summed E-state index contributed by atoms with van der Waals surface area (Å²) in [7, 11) is 0. The Morgan fingerprint density at radius 3 is 2.53 bits per heavy atom. The smallest absolute Gasteiger partial charge is 0.194 e. The zero-order chi connectivity index (χ0) is 12.4. The number of benzene rings is 2. The normalized spacial score (nSPS) is 10.3. The van der Waals surface area contributed by atoms with Crippen molar-refractivity contribution < 1.29 is 4.79 Å². The van der Waals surface area contributed by atoms with E-state index in [2.05, 4.69) is 0 Å². The molecule has 0 atom stereocenters. The van der Waals surface area contributed by atoms with E-state index in [1.807, 2.05) is 25.1 Å². The first-order valence-corrected chi connectivity index (χ1v) is 5.90. The van der Waals surface area contributed by atoms with Crippen molar-refractivity contribution in [2.75, 3.05) is 0 Å². The van der Waals surface area contributed by atoms with Crippen LogP contribution >= 0.6 is 23.2 Å². The standard InChI is InChI=1S/C14H10Cl2O/c1-9-3-2-4-10(7-9)14(17)12-8-11(15)5-6-13(12)16/h2-8H,1H3. The van der Waals surface area contributed by atoms with Gasteiger partial charge in [0, 0.05) is 16.1 Å². The number of halogens is 2. The first-order chi connectivity index (χ1) is 8.08. The van der Waals surface area contributed by atoms with Gasteiger partial charge in [0.25, 0.3) is 0 Å². The van der Waals surface area contributed by atoms with Crippen LogP contribution < -0.4 is 0 Å². The third kappa shape index (κ3) is 2.68. The lowest BCUT2D eigenvalue weighted by Gasteiger charge is -2.05. The van der Waals surface area contributed by atoms with Crippen LogP contribution in [-0.2, 0) is 0 Å². The number of hydrogen-bond acceptors (Lipinski definition) is 1. The van der Waals surface area contributed by atoms with Crippen LogP contribution in [0.2, 0.25) is 10.0 Å². The lowest BCUT2D eigenvalue weighted by molar-refractivity contribution is 0.103. The summed E-state index contributed by atoms with van der Waals surface area (Å²) in [6.07, 6.45) is 0. The van der Waals surface area contributed by atoms with E-state index in [1.54, 1.807) is 24.3 Å². The van der Waals surface area contributed by atoms with E-state index in [-0.39, 0.29) is 5.78 Å². The van der Waals surface area contributed by atoms with Crippen molar-refractivity contribution in [3.63, 3.8) is 0 Å². The Balaban J connectivity index is 2.47. The van der Waals surface area contributed by atoms with Gasteiger partial charge in [-0.25, -0.2) is 0 Å². The van der Waals surface area contributed by atoms with Gasteiger partial charge >= 0.3 is 0 Å². The second-order valence-electron chi connectivity index (χ2n) is 3.82. The predicted octanol–water partition coefficient (Wildman–Crippen LogP) is 4.53. The molecule has 0 aliphatic heterocycles. The van der Waals surface area contributed by atoms with Gasteiger partial charge in [0.2, 0.25) is 0 Å². The molecule has 2 aromatic carbocycles. The number of rotatable bonds is 2. The monoisotopic (exact) mass is 264 g/mol. The Kier molecular flexibility index (Phi) is 3.51. The molecule has 0 saturated heterocycles. The van der Waals surface area contributed by atoms with Crippen LogP contribution in [-0.4, -0.2) is 5.78 Å². The highest BCUT2D eigenvalue weighted by atomic mass is 35.5. The highest BCUT2D eigenvalue weighted by molar-refractivity contribution is 6.36. The Bertz CT molecular complexity index is 576. The lowest BCUT2D eigenvalue weighted by Crippen LogP contribution is -2.02. The molecule has 0 unspecified atom stereocenters. The second kappa shape index (κ2) is 4.91. The van der Waals surface area contributed by atoms with Crippen LogP contribution in [0, 0.1) is 6.92 Å². The van der Waals surface area contributed by atoms with Crippen molar-refractivity contribution >= 4 is 29.0 Å². The Hall–Kier alpha value is -1.31. The molecule has 86 valence electrons.